The van der Waals surface area contributed by atoms with E-state index >= 15 is 0 Å². The van der Waals surface area contributed by atoms with Crippen molar-refractivity contribution in [1.29, 1.82) is 0 Å². The van der Waals surface area contributed by atoms with Gasteiger partial charge < -0.3 is 0 Å². The Morgan fingerprint density at radius 2 is 0.862 bits per heavy atom. The highest BCUT2D eigenvalue weighted by Crippen LogP contribution is 2.56. The summed E-state index contributed by atoms with van der Waals surface area (Å²) in [6, 6.07) is 73.7. The second-order valence-electron chi connectivity index (χ2n) is 19.5. The second kappa shape index (κ2) is 13.1. The minimum absolute atomic E-state index is 0.127. The maximum atomic E-state index is 2.50. The fourth-order valence-corrected chi connectivity index (χ4v) is 13.5. The molecule has 0 nitrogen and oxygen atoms in total. The van der Waals surface area contributed by atoms with Crippen molar-refractivity contribution in [1.82, 2.24) is 0 Å². The lowest BCUT2D eigenvalue weighted by atomic mass is 9.80. The Morgan fingerprint density at radius 1 is 0.308 bits per heavy atom. The number of rotatable bonds is 3. The first-order valence-electron chi connectivity index (χ1n) is 23.0. The summed E-state index contributed by atoms with van der Waals surface area (Å²) in [6.07, 6.45) is 0. The number of hydrogen-bond acceptors (Lipinski definition) is 1. The van der Waals surface area contributed by atoms with Gasteiger partial charge in [0.25, 0.3) is 0 Å². The van der Waals surface area contributed by atoms with Crippen molar-refractivity contribution in [3.8, 4) is 55.6 Å². The lowest BCUT2D eigenvalue weighted by Crippen LogP contribution is -2.15. The largest absolute Gasteiger partial charge is 0.135 e. The molecule has 1 heteroatoms. The minimum Gasteiger partial charge on any atom is -0.135 e. The predicted molar refractivity (Wildman–Crippen MR) is 281 cm³/mol. The van der Waals surface area contributed by atoms with Crippen LogP contribution in [0, 0.1) is 0 Å². The Labute approximate surface area is 383 Å². The van der Waals surface area contributed by atoms with Crippen molar-refractivity contribution in [2.75, 3.05) is 0 Å². The molecule has 0 unspecified atom stereocenters. The zero-order valence-electron chi connectivity index (χ0n) is 36.9. The molecule has 65 heavy (non-hydrogen) atoms. The molecule has 0 saturated heterocycles. The van der Waals surface area contributed by atoms with E-state index in [1.807, 2.05) is 11.3 Å². The van der Waals surface area contributed by atoms with Gasteiger partial charge >= 0.3 is 0 Å². The Bertz CT molecular complexity index is 4000. The smallest absolute Gasteiger partial charge is 0.0440 e. The third kappa shape index (κ3) is 5.02. The SMILES string of the molecule is CC1(C)c2ccc(-c3c4ccccc4c(-c4cccc5ccccc45)c4ccccc34)cc2-c2ccc(-c3ccc4c(c3)C(C)(C)c3ccc5ccc6c7ccccc7sc6c5c3-4)cc21. The van der Waals surface area contributed by atoms with Gasteiger partial charge in [-0.05, 0) is 140 Å². The summed E-state index contributed by atoms with van der Waals surface area (Å²) in [7, 11) is 0. The number of hydrogen-bond donors (Lipinski definition) is 0. The zero-order chi connectivity index (χ0) is 43.3. The van der Waals surface area contributed by atoms with Gasteiger partial charge in [0.1, 0.15) is 0 Å². The van der Waals surface area contributed by atoms with Crippen LogP contribution in [0.4, 0.5) is 0 Å². The van der Waals surface area contributed by atoms with Crippen LogP contribution in [0.2, 0.25) is 0 Å². The maximum Gasteiger partial charge on any atom is 0.0440 e. The van der Waals surface area contributed by atoms with Gasteiger partial charge in [-0.2, -0.15) is 0 Å². The zero-order valence-corrected chi connectivity index (χ0v) is 37.7. The molecule has 2 aliphatic carbocycles. The summed E-state index contributed by atoms with van der Waals surface area (Å²) >= 11 is 1.94. The maximum absolute atomic E-state index is 2.50. The lowest BCUT2D eigenvalue weighted by molar-refractivity contribution is 0.660. The van der Waals surface area contributed by atoms with Crippen molar-refractivity contribution in [2.24, 2.45) is 0 Å². The van der Waals surface area contributed by atoms with E-state index in [0.29, 0.717) is 0 Å². The van der Waals surface area contributed by atoms with Gasteiger partial charge in [-0.15, -0.1) is 11.3 Å². The molecule has 306 valence electrons. The highest BCUT2D eigenvalue weighted by atomic mass is 32.1. The lowest BCUT2D eigenvalue weighted by Gasteiger charge is -2.23. The molecule has 0 amide bonds. The van der Waals surface area contributed by atoms with E-state index in [4.69, 9.17) is 0 Å². The van der Waals surface area contributed by atoms with E-state index < -0.39 is 0 Å². The van der Waals surface area contributed by atoms with Crippen molar-refractivity contribution in [3.63, 3.8) is 0 Å². The van der Waals surface area contributed by atoms with Crippen molar-refractivity contribution in [3.05, 3.63) is 216 Å². The van der Waals surface area contributed by atoms with Gasteiger partial charge in [0.2, 0.25) is 0 Å². The summed E-state index contributed by atoms with van der Waals surface area (Å²) in [4.78, 5) is 0. The van der Waals surface area contributed by atoms with Crippen LogP contribution in [-0.2, 0) is 10.8 Å². The normalized spacial score (nSPS) is 14.4. The molecule has 0 N–H and O–H groups in total. The summed E-state index contributed by atoms with van der Waals surface area (Å²) in [5.41, 5.74) is 18.5. The van der Waals surface area contributed by atoms with E-state index in [1.165, 1.54) is 141 Å². The van der Waals surface area contributed by atoms with Crippen LogP contribution >= 0.6 is 11.3 Å². The van der Waals surface area contributed by atoms with E-state index in [0.717, 1.165) is 0 Å². The molecule has 0 spiro atoms. The van der Waals surface area contributed by atoms with Crippen LogP contribution in [0.1, 0.15) is 49.9 Å². The van der Waals surface area contributed by atoms with Crippen molar-refractivity contribution >= 4 is 74.6 Å². The third-order valence-electron chi connectivity index (χ3n) is 15.5. The van der Waals surface area contributed by atoms with Crippen LogP contribution in [0.25, 0.3) is 119 Å². The summed E-state index contributed by atoms with van der Waals surface area (Å²) in [5.74, 6) is 0. The second-order valence-corrected chi connectivity index (χ2v) is 20.6. The molecule has 12 aromatic rings. The molecule has 0 bridgehead atoms. The van der Waals surface area contributed by atoms with Crippen LogP contribution in [0.15, 0.2) is 194 Å². The fraction of sp³-hybridized carbons (Fsp3) is 0.0938. The van der Waals surface area contributed by atoms with Crippen LogP contribution in [0.3, 0.4) is 0 Å². The van der Waals surface area contributed by atoms with E-state index in [1.54, 1.807) is 0 Å². The van der Waals surface area contributed by atoms with Gasteiger partial charge in [0, 0.05) is 36.4 Å². The van der Waals surface area contributed by atoms with Crippen molar-refractivity contribution < 1.29 is 0 Å². The quantitative estimate of drug-likeness (QED) is 0.155. The van der Waals surface area contributed by atoms with Gasteiger partial charge in [0.05, 0.1) is 0 Å². The number of benzene rings is 11. The highest BCUT2D eigenvalue weighted by Gasteiger charge is 2.39. The molecular weight excluding hydrogens is 801 g/mol. The average Bonchev–Trinajstić information content (AvgIpc) is 3.92. The monoisotopic (exact) mass is 844 g/mol. The van der Waals surface area contributed by atoms with Gasteiger partial charge in [-0.1, -0.05) is 198 Å². The number of thiophene rings is 1. The third-order valence-corrected chi connectivity index (χ3v) is 16.7. The van der Waals surface area contributed by atoms with Crippen LogP contribution in [0.5, 0.6) is 0 Å². The highest BCUT2D eigenvalue weighted by molar-refractivity contribution is 7.26. The van der Waals surface area contributed by atoms with E-state index in [-0.39, 0.29) is 10.8 Å². The fourth-order valence-electron chi connectivity index (χ4n) is 12.3. The molecule has 1 heterocycles. The molecule has 11 aromatic carbocycles. The molecule has 2 aliphatic rings. The van der Waals surface area contributed by atoms with Gasteiger partial charge in [-0.25, -0.2) is 0 Å². The molecule has 0 radical (unpaired) electrons. The minimum atomic E-state index is -0.150. The van der Waals surface area contributed by atoms with Crippen molar-refractivity contribution in [2.45, 2.75) is 38.5 Å². The summed E-state index contributed by atoms with van der Waals surface area (Å²) in [5, 5.41) is 13.1. The standard InChI is InChI=1S/C64H44S/c1-63(2)53-32-28-41(58-46-18-7-9-20-48(46)60(49-21-10-8-19-47(49)58)45-22-13-15-37-14-5-6-16-42(37)45)34-52(53)43-29-25-39(35-55(43)63)40-26-31-51-56(36-40)64(3,4)54-33-27-38-24-30-50-44-17-11-12-23-57(44)65-62(50)59(38)61(51)54/h5-36H,1-4H3. The molecule has 14 rings (SSSR count). The molecule has 0 atom stereocenters. The Morgan fingerprint density at radius 3 is 1.60 bits per heavy atom. The summed E-state index contributed by atoms with van der Waals surface area (Å²) in [6.45, 7) is 9.66. The topological polar surface area (TPSA) is 0 Å². The molecule has 1 aromatic heterocycles. The molecule has 0 saturated carbocycles. The summed E-state index contributed by atoms with van der Waals surface area (Å²) < 4.78 is 2.75. The number of fused-ring (bicyclic) bond motifs is 15. The van der Waals surface area contributed by atoms with E-state index in [9.17, 15) is 0 Å². The van der Waals surface area contributed by atoms with Crippen LogP contribution in [-0.4, -0.2) is 0 Å². The first-order chi connectivity index (χ1) is 31.8. The molecule has 0 aliphatic heterocycles. The predicted octanol–water partition coefficient (Wildman–Crippen LogP) is 18.3. The molecule has 0 fully saturated rings. The van der Waals surface area contributed by atoms with Gasteiger partial charge in [0.15, 0.2) is 0 Å². The average molecular weight is 845 g/mol. The Kier molecular flexibility index (Phi) is 7.49. The van der Waals surface area contributed by atoms with Crippen LogP contribution < -0.4 is 0 Å². The van der Waals surface area contributed by atoms with E-state index in [2.05, 4.69) is 222 Å². The van der Waals surface area contributed by atoms with Gasteiger partial charge in [-0.3, -0.25) is 0 Å². The molecular formula is C64H44S. The Balaban J connectivity index is 0.903. The first-order valence-corrected chi connectivity index (χ1v) is 23.8. The Hall–Kier alpha value is -7.32. The first kappa shape index (κ1) is 37.1.